The molecule has 17 heavy (non-hydrogen) atoms. The Balaban J connectivity index is 2.87. The molecule has 0 spiro atoms. The first-order valence-corrected chi connectivity index (χ1v) is 5.21. The van der Waals surface area contributed by atoms with Crippen LogP contribution in [-0.2, 0) is 6.42 Å². The molecule has 6 heteroatoms. The van der Waals surface area contributed by atoms with Gasteiger partial charge in [0.2, 0.25) is 0 Å². The Labute approximate surface area is 102 Å². The summed E-state index contributed by atoms with van der Waals surface area (Å²) >= 11 is 5.81. The second kappa shape index (κ2) is 4.74. The SMILES string of the molecule is CC(C)(O)Cc1ccc(OC(F)(F)F)cc1Cl. The fourth-order valence-electron chi connectivity index (χ4n) is 1.33. The highest BCUT2D eigenvalue weighted by Crippen LogP contribution is 2.29. The number of halogens is 4. The number of alkyl halides is 3. The second-order valence-corrected chi connectivity index (χ2v) is 4.70. The summed E-state index contributed by atoms with van der Waals surface area (Å²) in [7, 11) is 0. The first-order valence-electron chi connectivity index (χ1n) is 4.83. The van der Waals surface area contributed by atoms with Crippen molar-refractivity contribution < 1.29 is 23.0 Å². The van der Waals surface area contributed by atoms with E-state index in [0.29, 0.717) is 5.56 Å². The van der Waals surface area contributed by atoms with Crippen molar-refractivity contribution in [2.75, 3.05) is 0 Å². The van der Waals surface area contributed by atoms with Crippen molar-refractivity contribution in [2.45, 2.75) is 32.2 Å². The van der Waals surface area contributed by atoms with Crippen LogP contribution in [-0.4, -0.2) is 17.1 Å². The molecule has 0 saturated heterocycles. The van der Waals surface area contributed by atoms with E-state index >= 15 is 0 Å². The molecule has 0 saturated carbocycles. The van der Waals surface area contributed by atoms with E-state index in [1.165, 1.54) is 12.1 Å². The van der Waals surface area contributed by atoms with Gasteiger partial charge in [-0.15, -0.1) is 13.2 Å². The summed E-state index contributed by atoms with van der Waals surface area (Å²) in [4.78, 5) is 0. The minimum atomic E-state index is -4.74. The molecule has 0 bridgehead atoms. The zero-order chi connectivity index (χ0) is 13.3. The molecule has 2 nitrogen and oxygen atoms in total. The molecule has 0 heterocycles. The largest absolute Gasteiger partial charge is 0.573 e. The summed E-state index contributed by atoms with van der Waals surface area (Å²) in [6.45, 7) is 3.17. The molecule has 0 aromatic heterocycles. The molecule has 0 amide bonds. The van der Waals surface area contributed by atoms with Gasteiger partial charge in [-0.25, -0.2) is 0 Å². The van der Waals surface area contributed by atoms with Crippen LogP contribution in [0.4, 0.5) is 13.2 Å². The van der Waals surface area contributed by atoms with Crippen LogP contribution in [0.15, 0.2) is 18.2 Å². The lowest BCUT2D eigenvalue weighted by Gasteiger charge is -2.18. The first-order chi connectivity index (χ1) is 7.57. The zero-order valence-electron chi connectivity index (χ0n) is 9.31. The van der Waals surface area contributed by atoms with Crippen molar-refractivity contribution >= 4 is 11.6 Å². The highest BCUT2D eigenvalue weighted by molar-refractivity contribution is 6.31. The second-order valence-electron chi connectivity index (χ2n) is 4.29. The number of hydrogen-bond donors (Lipinski definition) is 1. The Morgan fingerprint density at radius 2 is 1.88 bits per heavy atom. The van der Waals surface area contributed by atoms with Gasteiger partial charge in [-0.05, 0) is 31.5 Å². The molecule has 0 fully saturated rings. The molecular formula is C11H12ClF3O2. The van der Waals surface area contributed by atoms with E-state index in [9.17, 15) is 18.3 Å². The zero-order valence-corrected chi connectivity index (χ0v) is 10.1. The number of ether oxygens (including phenoxy) is 1. The molecule has 0 radical (unpaired) electrons. The lowest BCUT2D eigenvalue weighted by Crippen LogP contribution is -2.22. The lowest BCUT2D eigenvalue weighted by molar-refractivity contribution is -0.274. The van der Waals surface area contributed by atoms with Gasteiger partial charge in [0.25, 0.3) is 0 Å². The Bertz CT molecular complexity index is 397. The molecule has 0 aliphatic rings. The maximum atomic E-state index is 11.9. The average molecular weight is 269 g/mol. The van der Waals surface area contributed by atoms with E-state index in [-0.39, 0.29) is 17.2 Å². The normalized spacial score (nSPS) is 12.6. The Kier molecular flexibility index (Phi) is 3.94. The van der Waals surface area contributed by atoms with Gasteiger partial charge in [0.15, 0.2) is 0 Å². The molecule has 0 unspecified atom stereocenters. The van der Waals surface area contributed by atoms with Crippen LogP contribution in [0.2, 0.25) is 5.02 Å². The average Bonchev–Trinajstić information content (AvgIpc) is 2.05. The van der Waals surface area contributed by atoms with Crippen molar-refractivity contribution in [3.05, 3.63) is 28.8 Å². The Morgan fingerprint density at radius 1 is 1.29 bits per heavy atom. The molecule has 1 N–H and O–H groups in total. The smallest absolute Gasteiger partial charge is 0.406 e. The summed E-state index contributed by atoms with van der Waals surface area (Å²) in [5, 5.41) is 9.71. The molecule has 1 aromatic rings. The van der Waals surface area contributed by atoms with Crippen LogP contribution in [0.1, 0.15) is 19.4 Å². The summed E-state index contributed by atoms with van der Waals surface area (Å²) in [6, 6.07) is 3.65. The molecule has 1 rings (SSSR count). The molecule has 96 valence electrons. The van der Waals surface area contributed by atoms with Crippen molar-refractivity contribution in [1.29, 1.82) is 0 Å². The molecule has 0 atom stereocenters. The maximum absolute atomic E-state index is 11.9. The topological polar surface area (TPSA) is 29.5 Å². The van der Waals surface area contributed by atoms with Crippen LogP contribution in [0.3, 0.4) is 0 Å². The summed E-state index contributed by atoms with van der Waals surface area (Å²) in [5.41, 5.74) is -0.413. The van der Waals surface area contributed by atoms with E-state index in [1.807, 2.05) is 0 Å². The predicted molar refractivity (Wildman–Crippen MR) is 58.1 cm³/mol. The number of aliphatic hydroxyl groups is 1. The van der Waals surface area contributed by atoms with Crippen LogP contribution in [0, 0.1) is 0 Å². The minimum Gasteiger partial charge on any atom is -0.406 e. The third-order valence-electron chi connectivity index (χ3n) is 1.88. The molecule has 0 aliphatic carbocycles. The first kappa shape index (κ1) is 14.1. The van der Waals surface area contributed by atoms with Crippen LogP contribution >= 0.6 is 11.6 Å². The standard InChI is InChI=1S/C11H12ClF3O2/c1-10(2,16)6-7-3-4-8(5-9(7)12)17-11(13,14)15/h3-5,16H,6H2,1-2H3. The highest BCUT2D eigenvalue weighted by Gasteiger charge is 2.31. The third kappa shape index (κ3) is 5.28. The van der Waals surface area contributed by atoms with Gasteiger partial charge in [-0.3, -0.25) is 0 Å². The van der Waals surface area contributed by atoms with Gasteiger partial charge in [0, 0.05) is 11.4 Å². The summed E-state index contributed by atoms with van der Waals surface area (Å²) in [5.74, 6) is -0.373. The molecule has 0 aliphatic heterocycles. The monoisotopic (exact) mass is 268 g/mol. The molecular weight excluding hydrogens is 257 g/mol. The van der Waals surface area contributed by atoms with Crippen molar-refractivity contribution in [3.8, 4) is 5.75 Å². The van der Waals surface area contributed by atoms with Crippen LogP contribution < -0.4 is 4.74 Å². The number of rotatable bonds is 3. The third-order valence-corrected chi connectivity index (χ3v) is 2.23. The lowest BCUT2D eigenvalue weighted by atomic mass is 9.99. The van der Waals surface area contributed by atoms with Gasteiger partial charge >= 0.3 is 6.36 Å². The fraction of sp³-hybridized carbons (Fsp3) is 0.455. The predicted octanol–water partition coefficient (Wildman–Crippen LogP) is 3.55. The van der Waals surface area contributed by atoms with E-state index in [2.05, 4.69) is 4.74 Å². The van der Waals surface area contributed by atoms with Gasteiger partial charge in [0.1, 0.15) is 5.75 Å². The van der Waals surface area contributed by atoms with Crippen molar-refractivity contribution in [2.24, 2.45) is 0 Å². The van der Waals surface area contributed by atoms with Crippen molar-refractivity contribution in [3.63, 3.8) is 0 Å². The quantitative estimate of drug-likeness (QED) is 0.908. The van der Waals surface area contributed by atoms with E-state index in [4.69, 9.17) is 11.6 Å². The summed E-state index contributed by atoms with van der Waals surface area (Å²) in [6.07, 6.45) is -4.49. The van der Waals surface area contributed by atoms with E-state index in [0.717, 1.165) is 6.07 Å². The van der Waals surface area contributed by atoms with Gasteiger partial charge in [0.05, 0.1) is 5.60 Å². The van der Waals surface area contributed by atoms with Crippen LogP contribution in [0.25, 0.3) is 0 Å². The summed E-state index contributed by atoms with van der Waals surface area (Å²) < 4.78 is 39.5. The van der Waals surface area contributed by atoms with Gasteiger partial charge in [-0.1, -0.05) is 17.7 Å². The van der Waals surface area contributed by atoms with E-state index < -0.39 is 12.0 Å². The Morgan fingerprint density at radius 3 is 2.29 bits per heavy atom. The minimum absolute atomic E-state index is 0.133. The van der Waals surface area contributed by atoms with Gasteiger partial charge in [-0.2, -0.15) is 0 Å². The fourth-order valence-corrected chi connectivity index (χ4v) is 1.57. The number of hydrogen-bond acceptors (Lipinski definition) is 2. The Hall–Kier alpha value is -0.940. The number of benzene rings is 1. The van der Waals surface area contributed by atoms with Gasteiger partial charge < -0.3 is 9.84 Å². The van der Waals surface area contributed by atoms with Crippen molar-refractivity contribution in [1.82, 2.24) is 0 Å². The highest BCUT2D eigenvalue weighted by atomic mass is 35.5. The van der Waals surface area contributed by atoms with E-state index in [1.54, 1.807) is 13.8 Å². The van der Waals surface area contributed by atoms with Crippen LogP contribution in [0.5, 0.6) is 5.75 Å². The molecule has 1 aromatic carbocycles. The maximum Gasteiger partial charge on any atom is 0.573 e.